The number of rotatable bonds is 6. The van der Waals surface area contributed by atoms with Crippen molar-refractivity contribution in [3.05, 3.63) is 80.1 Å². The Balaban J connectivity index is 1.55. The number of carboxylic acid groups (broad SMARTS) is 1. The van der Waals surface area contributed by atoms with Gasteiger partial charge >= 0.3 is 5.97 Å². The number of hydrogen-bond acceptors (Lipinski definition) is 6. The van der Waals surface area contributed by atoms with Crippen LogP contribution in [0.4, 0.5) is 0 Å². The fraction of sp³-hybridized carbons (Fsp3) is 0.406. The molecule has 0 aromatic heterocycles. The standard InChI is InChI=1S/C32H34BrNO6/c1-31(2)12-21-27(23(35)14-31)26(28-22(34-21)13-32(3,4)15-24(28)36)19-10-20(33)29(25(11-19)39-5)40-16-17-6-8-18(9-7-17)30(37)38/h6-11,26,34H,12-16H2,1-5H3,(H,37,38). The number of methoxy groups -OCH3 is 1. The third-order valence-electron chi connectivity index (χ3n) is 7.89. The van der Waals surface area contributed by atoms with Crippen molar-refractivity contribution in [3.8, 4) is 11.5 Å². The van der Waals surface area contributed by atoms with E-state index in [9.17, 15) is 14.4 Å². The van der Waals surface area contributed by atoms with Gasteiger partial charge in [0.2, 0.25) is 0 Å². The monoisotopic (exact) mass is 607 g/mol. The molecule has 0 spiro atoms. The van der Waals surface area contributed by atoms with E-state index in [0.29, 0.717) is 40.0 Å². The van der Waals surface area contributed by atoms with Crippen LogP contribution in [0.3, 0.4) is 0 Å². The van der Waals surface area contributed by atoms with Gasteiger partial charge in [0, 0.05) is 41.3 Å². The van der Waals surface area contributed by atoms with Crippen LogP contribution < -0.4 is 14.8 Å². The van der Waals surface area contributed by atoms with Crippen molar-refractivity contribution in [2.75, 3.05) is 7.11 Å². The smallest absolute Gasteiger partial charge is 0.335 e. The van der Waals surface area contributed by atoms with E-state index in [1.807, 2.05) is 12.1 Å². The number of ketones is 2. The van der Waals surface area contributed by atoms with Crippen molar-refractivity contribution in [2.45, 2.75) is 65.9 Å². The van der Waals surface area contributed by atoms with Gasteiger partial charge in [-0.1, -0.05) is 39.8 Å². The second kappa shape index (κ2) is 10.2. The van der Waals surface area contributed by atoms with Crippen LogP contribution >= 0.6 is 15.9 Å². The molecule has 0 bridgehead atoms. The van der Waals surface area contributed by atoms with Crippen LogP contribution in [0.25, 0.3) is 0 Å². The highest BCUT2D eigenvalue weighted by molar-refractivity contribution is 9.10. The van der Waals surface area contributed by atoms with Crippen molar-refractivity contribution in [3.63, 3.8) is 0 Å². The van der Waals surface area contributed by atoms with Crippen LogP contribution in [-0.2, 0) is 16.2 Å². The summed E-state index contributed by atoms with van der Waals surface area (Å²) in [7, 11) is 1.56. The number of ether oxygens (including phenoxy) is 2. The first-order valence-corrected chi connectivity index (χ1v) is 14.2. The molecule has 0 saturated carbocycles. The van der Waals surface area contributed by atoms with Gasteiger partial charge in [0.25, 0.3) is 0 Å². The van der Waals surface area contributed by atoms with Crippen molar-refractivity contribution in [1.82, 2.24) is 5.32 Å². The maximum Gasteiger partial charge on any atom is 0.335 e. The van der Waals surface area contributed by atoms with Crippen LogP contribution in [0.1, 0.15) is 80.8 Å². The summed E-state index contributed by atoms with van der Waals surface area (Å²) in [6.07, 6.45) is 2.31. The first-order valence-electron chi connectivity index (χ1n) is 13.4. The number of Topliss-reactive ketones (excluding diaryl/α,β-unsaturated/α-hetero) is 2. The number of dihydropyridines is 1. The Labute approximate surface area is 242 Å². The molecule has 0 fully saturated rings. The van der Waals surface area contributed by atoms with Crippen molar-refractivity contribution >= 4 is 33.5 Å². The number of nitrogens with one attached hydrogen (secondary N) is 1. The summed E-state index contributed by atoms with van der Waals surface area (Å²) >= 11 is 3.65. The molecule has 210 valence electrons. The fourth-order valence-corrected chi connectivity index (χ4v) is 6.74. The zero-order valence-electron chi connectivity index (χ0n) is 23.4. The van der Waals surface area contributed by atoms with Crippen molar-refractivity contribution in [2.24, 2.45) is 10.8 Å². The summed E-state index contributed by atoms with van der Waals surface area (Å²) in [6, 6.07) is 10.3. The van der Waals surface area contributed by atoms with E-state index in [2.05, 4.69) is 48.9 Å². The van der Waals surface area contributed by atoms with Gasteiger partial charge in [-0.15, -0.1) is 0 Å². The van der Waals surface area contributed by atoms with E-state index < -0.39 is 11.9 Å². The lowest BCUT2D eigenvalue weighted by Gasteiger charge is -2.44. The second-order valence-corrected chi connectivity index (χ2v) is 13.4. The number of benzene rings is 2. The number of halogens is 1. The molecule has 1 aliphatic heterocycles. The molecule has 40 heavy (non-hydrogen) atoms. The second-order valence-electron chi connectivity index (χ2n) is 12.5. The molecule has 0 radical (unpaired) electrons. The van der Waals surface area contributed by atoms with Gasteiger partial charge in [-0.25, -0.2) is 4.79 Å². The predicted molar refractivity (Wildman–Crippen MR) is 154 cm³/mol. The van der Waals surface area contributed by atoms with E-state index in [4.69, 9.17) is 14.6 Å². The highest BCUT2D eigenvalue weighted by Gasteiger charge is 2.46. The Bertz CT molecular complexity index is 1430. The minimum Gasteiger partial charge on any atom is -0.493 e. The maximum atomic E-state index is 13.6. The molecule has 2 aromatic carbocycles. The average Bonchev–Trinajstić information content (AvgIpc) is 2.85. The Morgan fingerprint density at radius 1 is 0.950 bits per heavy atom. The van der Waals surface area contributed by atoms with Gasteiger partial charge < -0.3 is 19.9 Å². The lowest BCUT2D eigenvalue weighted by Crippen LogP contribution is -2.42. The normalized spacial score (nSPS) is 20.1. The van der Waals surface area contributed by atoms with E-state index in [1.54, 1.807) is 19.2 Å². The lowest BCUT2D eigenvalue weighted by molar-refractivity contribution is -0.119. The molecule has 3 aliphatic rings. The number of carbonyl (C=O) groups is 3. The summed E-state index contributed by atoms with van der Waals surface area (Å²) in [5, 5.41) is 12.7. The summed E-state index contributed by atoms with van der Waals surface area (Å²) in [5.41, 5.74) is 4.64. The average molecular weight is 609 g/mol. The summed E-state index contributed by atoms with van der Waals surface area (Å²) in [6.45, 7) is 8.62. The minimum absolute atomic E-state index is 0.0631. The molecule has 0 saturated heterocycles. The largest absolute Gasteiger partial charge is 0.493 e. The maximum absolute atomic E-state index is 13.6. The molecular formula is C32H34BrNO6. The van der Waals surface area contributed by atoms with Crippen LogP contribution in [0.15, 0.2) is 63.4 Å². The number of carboxylic acids is 1. The summed E-state index contributed by atoms with van der Waals surface area (Å²) in [4.78, 5) is 38.4. The Morgan fingerprint density at radius 2 is 1.50 bits per heavy atom. The number of carbonyl (C=O) groups excluding carboxylic acids is 2. The Kier molecular flexibility index (Phi) is 7.19. The Morgan fingerprint density at radius 3 is 2.00 bits per heavy atom. The topological polar surface area (TPSA) is 102 Å². The predicted octanol–water partition coefficient (Wildman–Crippen LogP) is 6.71. The molecule has 2 N–H and O–H groups in total. The van der Waals surface area contributed by atoms with E-state index in [0.717, 1.165) is 35.4 Å². The highest BCUT2D eigenvalue weighted by Crippen LogP contribution is 2.52. The van der Waals surface area contributed by atoms with E-state index >= 15 is 0 Å². The van der Waals surface area contributed by atoms with Gasteiger partial charge in [-0.05, 0) is 75.0 Å². The van der Waals surface area contributed by atoms with Crippen LogP contribution in [0.2, 0.25) is 0 Å². The SMILES string of the molecule is COc1cc(C2C3=C(CC(C)(C)CC3=O)NC3=C2C(=O)CC(C)(C)C3)cc(Br)c1OCc1ccc(C(=O)O)cc1. The van der Waals surface area contributed by atoms with Gasteiger partial charge in [0.1, 0.15) is 6.61 Å². The molecule has 5 rings (SSSR count). The first kappa shape index (κ1) is 28.1. The third kappa shape index (κ3) is 5.33. The van der Waals surface area contributed by atoms with Gasteiger partial charge in [-0.3, -0.25) is 9.59 Å². The van der Waals surface area contributed by atoms with Gasteiger partial charge in [-0.2, -0.15) is 0 Å². The minimum atomic E-state index is -0.984. The highest BCUT2D eigenvalue weighted by atomic mass is 79.9. The number of allylic oxidation sites excluding steroid dienone is 4. The van der Waals surface area contributed by atoms with E-state index in [-0.39, 0.29) is 34.6 Å². The lowest BCUT2D eigenvalue weighted by atomic mass is 9.64. The van der Waals surface area contributed by atoms with Gasteiger partial charge in [0.05, 0.1) is 17.1 Å². The van der Waals surface area contributed by atoms with Crippen LogP contribution in [-0.4, -0.2) is 29.8 Å². The van der Waals surface area contributed by atoms with Crippen molar-refractivity contribution < 1.29 is 29.0 Å². The molecule has 2 aliphatic carbocycles. The molecule has 7 nitrogen and oxygen atoms in total. The molecule has 0 unspecified atom stereocenters. The molecule has 8 heteroatoms. The molecular weight excluding hydrogens is 574 g/mol. The molecule has 0 amide bonds. The van der Waals surface area contributed by atoms with Crippen molar-refractivity contribution in [1.29, 1.82) is 0 Å². The summed E-state index contributed by atoms with van der Waals surface area (Å²) < 4.78 is 12.5. The van der Waals surface area contributed by atoms with Crippen LogP contribution in [0, 0.1) is 10.8 Å². The molecule has 2 aromatic rings. The molecule has 1 heterocycles. The zero-order chi connectivity index (χ0) is 29.0. The Hall–Kier alpha value is -3.39. The number of hydrogen-bond donors (Lipinski definition) is 2. The van der Waals surface area contributed by atoms with E-state index in [1.165, 1.54) is 12.1 Å². The van der Waals surface area contributed by atoms with Crippen LogP contribution in [0.5, 0.6) is 11.5 Å². The summed E-state index contributed by atoms with van der Waals surface area (Å²) in [5.74, 6) is -0.385. The first-order chi connectivity index (χ1) is 18.8. The molecule has 0 atom stereocenters. The zero-order valence-corrected chi connectivity index (χ0v) is 25.0. The quantitative estimate of drug-likeness (QED) is 0.376. The van der Waals surface area contributed by atoms with Gasteiger partial charge in [0.15, 0.2) is 23.1 Å². The third-order valence-corrected chi connectivity index (χ3v) is 8.48. The number of aromatic carboxylic acids is 1. The fourth-order valence-electron chi connectivity index (χ4n) is 6.17.